The summed E-state index contributed by atoms with van der Waals surface area (Å²) in [6.45, 7) is 3.96. The lowest BCUT2D eigenvalue weighted by atomic mass is 10.2. The van der Waals surface area contributed by atoms with Crippen LogP contribution in [0.3, 0.4) is 0 Å². The number of nitrogens with zero attached hydrogens (tertiary/aromatic N) is 4. The number of aryl methyl sites for hydroxylation is 1. The summed E-state index contributed by atoms with van der Waals surface area (Å²) in [4.78, 5) is 19.1. The molecule has 3 aromatic rings. The fraction of sp³-hybridized carbons (Fsp3) is 0.200. The summed E-state index contributed by atoms with van der Waals surface area (Å²) in [5.74, 6) is 0. The van der Waals surface area contributed by atoms with E-state index in [0.717, 1.165) is 11.3 Å². The van der Waals surface area contributed by atoms with Gasteiger partial charge in [0, 0.05) is 16.9 Å². The van der Waals surface area contributed by atoms with E-state index in [1.54, 1.807) is 6.20 Å². The minimum Gasteiger partial charge on any atom is -0.323 e. The maximum atomic E-state index is 11.0. The average Bonchev–Trinajstić information content (AvgIpc) is 2.85. The molecule has 8 heteroatoms. The molecule has 3 heterocycles. The van der Waals surface area contributed by atoms with E-state index < -0.39 is 4.92 Å². The summed E-state index contributed by atoms with van der Waals surface area (Å²) in [5, 5.41) is 11.6. The molecule has 0 radical (unpaired) electrons. The largest absolute Gasteiger partial charge is 0.323 e. The Morgan fingerprint density at radius 1 is 1.35 bits per heavy atom. The molecular weight excluding hydrogens is 384 g/mol. The molecule has 23 heavy (non-hydrogen) atoms. The number of hydrogen-bond donors (Lipinski definition) is 0. The number of hydrogen-bond acceptors (Lipinski definition) is 4. The minimum atomic E-state index is -0.538. The van der Waals surface area contributed by atoms with E-state index in [2.05, 4.69) is 25.9 Å². The molecule has 0 unspecified atom stereocenters. The number of halogens is 2. The van der Waals surface area contributed by atoms with Crippen molar-refractivity contribution in [2.75, 3.05) is 0 Å². The van der Waals surface area contributed by atoms with Gasteiger partial charge >= 0.3 is 5.69 Å². The SMILES string of the molecule is Cc1ccc([C@H](C)n2cc(Br)c3c(Cl)c([N+](=O)[O-])cnc32)nc1. The van der Waals surface area contributed by atoms with Crippen LogP contribution in [0.25, 0.3) is 11.0 Å². The Labute approximate surface area is 145 Å². The number of nitro groups is 1. The van der Waals surface area contributed by atoms with Crippen molar-refractivity contribution >= 4 is 44.3 Å². The first-order chi connectivity index (χ1) is 10.9. The Morgan fingerprint density at radius 3 is 2.70 bits per heavy atom. The Morgan fingerprint density at radius 2 is 2.09 bits per heavy atom. The monoisotopic (exact) mass is 394 g/mol. The van der Waals surface area contributed by atoms with Crippen LogP contribution < -0.4 is 0 Å². The van der Waals surface area contributed by atoms with Gasteiger partial charge in [-0.25, -0.2) is 4.98 Å². The molecule has 3 aromatic heterocycles. The van der Waals surface area contributed by atoms with Crippen LogP contribution in [0, 0.1) is 17.0 Å². The third-order valence-electron chi connectivity index (χ3n) is 3.69. The minimum absolute atomic E-state index is 0.0784. The van der Waals surface area contributed by atoms with E-state index in [4.69, 9.17) is 11.6 Å². The van der Waals surface area contributed by atoms with Gasteiger partial charge in [-0.3, -0.25) is 15.1 Å². The third kappa shape index (κ3) is 2.70. The molecule has 0 aliphatic carbocycles. The van der Waals surface area contributed by atoms with Crippen LogP contribution in [0.15, 0.2) is 35.2 Å². The van der Waals surface area contributed by atoms with Crippen LogP contribution in [0.4, 0.5) is 5.69 Å². The van der Waals surface area contributed by atoms with Crippen molar-refractivity contribution < 1.29 is 4.92 Å². The fourth-order valence-electron chi connectivity index (χ4n) is 2.42. The smallest absolute Gasteiger partial charge is 0.306 e. The highest BCUT2D eigenvalue weighted by molar-refractivity contribution is 9.10. The van der Waals surface area contributed by atoms with Gasteiger partial charge < -0.3 is 4.57 Å². The third-order valence-corrected chi connectivity index (χ3v) is 4.67. The molecule has 1 atom stereocenters. The van der Waals surface area contributed by atoms with Gasteiger partial charge in [-0.05, 0) is 41.4 Å². The highest BCUT2D eigenvalue weighted by atomic mass is 79.9. The molecule has 0 bridgehead atoms. The zero-order valence-electron chi connectivity index (χ0n) is 12.3. The lowest BCUT2D eigenvalue weighted by Gasteiger charge is -2.14. The van der Waals surface area contributed by atoms with E-state index in [1.165, 1.54) is 6.20 Å². The molecule has 0 N–H and O–H groups in total. The van der Waals surface area contributed by atoms with Gasteiger partial charge in [0.1, 0.15) is 16.9 Å². The summed E-state index contributed by atoms with van der Waals surface area (Å²) in [7, 11) is 0. The van der Waals surface area contributed by atoms with E-state index >= 15 is 0 Å². The van der Waals surface area contributed by atoms with Crippen molar-refractivity contribution in [1.29, 1.82) is 0 Å². The van der Waals surface area contributed by atoms with E-state index in [-0.39, 0.29) is 16.8 Å². The molecule has 0 spiro atoms. The van der Waals surface area contributed by atoms with Crippen LogP contribution in [0.1, 0.15) is 24.2 Å². The molecule has 3 rings (SSSR count). The van der Waals surface area contributed by atoms with Crippen LogP contribution in [-0.2, 0) is 0 Å². The summed E-state index contributed by atoms with van der Waals surface area (Å²) < 4.78 is 2.56. The predicted molar refractivity (Wildman–Crippen MR) is 91.9 cm³/mol. The van der Waals surface area contributed by atoms with Crippen LogP contribution in [0.2, 0.25) is 5.02 Å². The van der Waals surface area contributed by atoms with Gasteiger partial charge in [-0.15, -0.1) is 0 Å². The Hall–Kier alpha value is -1.99. The van der Waals surface area contributed by atoms with Crippen LogP contribution in [0.5, 0.6) is 0 Å². The quantitative estimate of drug-likeness (QED) is 0.477. The second-order valence-electron chi connectivity index (χ2n) is 5.23. The van der Waals surface area contributed by atoms with Crippen molar-refractivity contribution in [2.45, 2.75) is 19.9 Å². The van der Waals surface area contributed by atoms with E-state index in [0.29, 0.717) is 15.5 Å². The van der Waals surface area contributed by atoms with Gasteiger partial charge in [-0.1, -0.05) is 17.7 Å². The van der Waals surface area contributed by atoms with Crippen molar-refractivity contribution in [3.05, 3.63) is 61.6 Å². The number of pyridine rings is 2. The molecule has 0 aliphatic heterocycles. The Balaban J connectivity index is 2.17. The first kappa shape index (κ1) is 15.9. The summed E-state index contributed by atoms with van der Waals surface area (Å²) in [6, 6.07) is 3.85. The second-order valence-corrected chi connectivity index (χ2v) is 6.47. The lowest BCUT2D eigenvalue weighted by molar-refractivity contribution is -0.384. The molecule has 0 amide bonds. The topological polar surface area (TPSA) is 73.8 Å². The molecule has 0 aromatic carbocycles. The van der Waals surface area contributed by atoms with Gasteiger partial charge in [0.05, 0.1) is 22.0 Å². The first-order valence-electron chi connectivity index (χ1n) is 6.81. The van der Waals surface area contributed by atoms with Gasteiger partial charge in [0.25, 0.3) is 0 Å². The lowest BCUT2D eigenvalue weighted by Crippen LogP contribution is -2.08. The zero-order valence-corrected chi connectivity index (χ0v) is 14.7. The number of rotatable bonds is 3. The summed E-state index contributed by atoms with van der Waals surface area (Å²) >= 11 is 9.60. The Bertz CT molecular complexity index is 908. The van der Waals surface area contributed by atoms with E-state index in [1.807, 2.05) is 36.7 Å². The second kappa shape index (κ2) is 5.90. The number of fused-ring (bicyclic) bond motifs is 1. The van der Waals surface area contributed by atoms with Gasteiger partial charge in [-0.2, -0.15) is 0 Å². The maximum Gasteiger partial charge on any atom is 0.306 e. The van der Waals surface area contributed by atoms with Crippen molar-refractivity contribution in [3.63, 3.8) is 0 Å². The normalized spacial score (nSPS) is 12.5. The summed E-state index contributed by atoms with van der Waals surface area (Å²) in [6.07, 6.45) is 4.81. The summed E-state index contributed by atoms with van der Waals surface area (Å²) in [5.41, 5.74) is 2.31. The van der Waals surface area contributed by atoms with Crippen LogP contribution in [-0.4, -0.2) is 19.5 Å². The molecule has 6 nitrogen and oxygen atoms in total. The van der Waals surface area contributed by atoms with E-state index in [9.17, 15) is 10.1 Å². The van der Waals surface area contributed by atoms with Crippen molar-refractivity contribution in [2.24, 2.45) is 0 Å². The zero-order chi connectivity index (χ0) is 16.7. The first-order valence-corrected chi connectivity index (χ1v) is 7.98. The maximum absolute atomic E-state index is 11.0. The Kier molecular flexibility index (Phi) is 4.08. The standard InChI is InChI=1S/C15H12BrClN4O2/c1-8-3-4-11(18-5-8)9(2)20-7-10(16)13-14(17)12(21(22)23)6-19-15(13)20/h3-7,9H,1-2H3/t9-/m0/s1. The molecule has 0 saturated carbocycles. The molecule has 118 valence electrons. The fourth-order valence-corrected chi connectivity index (χ4v) is 3.43. The van der Waals surface area contributed by atoms with Gasteiger partial charge in [0.15, 0.2) is 0 Å². The molecule has 0 fully saturated rings. The molecule has 0 aliphatic rings. The van der Waals surface area contributed by atoms with Crippen molar-refractivity contribution in [1.82, 2.24) is 14.5 Å². The highest BCUT2D eigenvalue weighted by Gasteiger charge is 2.23. The van der Waals surface area contributed by atoms with Crippen molar-refractivity contribution in [3.8, 4) is 0 Å². The molecule has 0 saturated heterocycles. The number of aromatic nitrogens is 3. The van der Waals surface area contributed by atoms with Gasteiger partial charge in [0.2, 0.25) is 0 Å². The average molecular weight is 396 g/mol. The van der Waals surface area contributed by atoms with Crippen LogP contribution >= 0.6 is 27.5 Å². The molecular formula is C15H12BrClN4O2. The highest BCUT2D eigenvalue weighted by Crippen LogP contribution is 2.38. The predicted octanol–water partition coefficient (Wildman–Crippen LogP) is 4.67.